The van der Waals surface area contributed by atoms with Crippen molar-refractivity contribution in [3.8, 4) is 0 Å². The van der Waals surface area contributed by atoms with Crippen LogP contribution in [0.15, 0.2) is 0 Å². The van der Waals surface area contributed by atoms with Crippen LogP contribution in [-0.2, 0) is 0 Å². The molecule has 0 radical (unpaired) electrons. The van der Waals surface area contributed by atoms with Gasteiger partial charge in [0.1, 0.15) is 0 Å². The fraction of sp³-hybridized carbons (Fsp3) is 1.00. The van der Waals surface area contributed by atoms with Gasteiger partial charge < -0.3 is 10.0 Å². The first-order chi connectivity index (χ1) is 5.08. The summed E-state index contributed by atoms with van der Waals surface area (Å²) in [6.07, 6.45) is 2.49. The predicted octanol–water partition coefficient (Wildman–Crippen LogP) is 0.604. The molecule has 0 amide bonds. The van der Waals surface area contributed by atoms with Crippen molar-refractivity contribution in [2.75, 3.05) is 7.05 Å². The van der Waals surface area contributed by atoms with Gasteiger partial charge in [-0.15, -0.1) is 0 Å². The highest BCUT2D eigenvalue weighted by Crippen LogP contribution is 2.33. The summed E-state index contributed by atoms with van der Waals surface area (Å²) in [5, 5.41) is 9.51. The highest BCUT2D eigenvalue weighted by molar-refractivity contribution is 4.93. The van der Waals surface area contributed by atoms with Crippen LogP contribution in [0.2, 0.25) is 0 Å². The summed E-state index contributed by atoms with van der Waals surface area (Å²) in [6.45, 7) is 0. The van der Waals surface area contributed by atoms with Gasteiger partial charge in [0.25, 0.3) is 0 Å². The Hall–Kier alpha value is -0.0800. The summed E-state index contributed by atoms with van der Waals surface area (Å²) >= 11 is 0. The van der Waals surface area contributed by atoms with E-state index in [-0.39, 0.29) is 0 Å². The minimum Gasteiger partial charge on any atom is -0.393 e. The minimum atomic E-state index is -1.13. The molecule has 0 aromatic heterocycles. The Morgan fingerprint density at radius 3 is 2.40 bits per heavy atom. The van der Waals surface area contributed by atoms with Gasteiger partial charge in [-0.25, -0.2) is 0 Å². The molecule has 2 nitrogen and oxygen atoms in total. The van der Waals surface area contributed by atoms with Gasteiger partial charge in [-0.05, 0) is 32.7 Å². The predicted molar refractivity (Wildman–Crippen MR) is 39.8 cm³/mol. The van der Waals surface area contributed by atoms with E-state index in [2.05, 4.69) is 11.9 Å². The lowest BCUT2D eigenvalue weighted by atomic mass is 10.0. The van der Waals surface area contributed by atoms with Gasteiger partial charge in [0.2, 0.25) is 0 Å². The molecular weight excluding hydrogens is 126 g/mol. The van der Waals surface area contributed by atoms with Gasteiger partial charge in [0, 0.05) is 12.1 Å². The highest BCUT2D eigenvalue weighted by Gasteiger charge is 2.37. The van der Waals surface area contributed by atoms with E-state index in [4.69, 9.17) is 1.37 Å². The molecule has 0 aliphatic carbocycles. The number of aliphatic hydroxyl groups is 1. The van der Waals surface area contributed by atoms with Gasteiger partial charge >= 0.3 is 0 Å². The molecule has 58 valence electrons. The summed E-state index contributed by atoms with van der Waals surface area (Å²) in [5.41, 5.74) is 0. The molecule has 10 heavy (non-hydrogen) atoms. The summed E-state index contributed by atoms with van der Waals surface area (Å²) in [4.78, 5) is 2.32. The van der Waals surface area contributed by atoms with E-state index in [0.717, 1.165) is 0 Å². The molecule has 2 heterocycles. The highest BCUT2D eigenvalue weighted by atomic mass is 16.3. The molecule has 0 aromatic rings. The van der Waals surface area contributed by atoms with Gasteiger partial charge in [-0.2, -0.15) is 0 Å². The molecule has 0 spiro atoms. The maximum absolute atomic E-state index is 9.51. The number of fused-ring (bicyclic) bond motifs is 2. The average molecular weight is 142 g/mol. The number of hydrogen-bond donors (Lipinski definition) is 1. The second-order valence-electron chi connectivity index (χ2n) is 3.52. The first-order valence-electron chi connectivity index (χ1n) is 4.53. The molecular formula is C8H15NO. The Bertz CT molecular complexity index is 155. The lowest BCUT2D eigenvalue weighted by molar-refractivity contribution is 0.0503. The molecule has 0 aromatic carbocycles. The number of nitrogens with zero attached hydrogens (tertiary/aromatic N) is 1. The van der Waals surface area contributed by atoms with Crippen molar-refractivity contribution < 1.29 is 6.48 Å². The molecule has 2 aliphatic heterocycles. The van der Waals surface area contributed by atoms with E-state index < -0.39 is 6.08 Å². The van der Waals surface area contributed by atoms with E-state index in [1.54, 1.807) is 0 Å². The number of rotatable bonds is 0. The van der Waals surface area contributed by atoms with Crippen molar-refractivity contribution >= 4 is 0 Å². The smallest absolute Gasteiger partial charge is 0.0602 e. The third kappa shape index (κ3) is 0.867. The monoisotopic (exact) mass is 142 g/mol. The van der Waals surface area contributed by atoms with Crippen molar-refractivity contribution in [2.24, 2.45) is 0 Å². The van der Waals surface area contributed by atoms with Crippen LogP contribution < -0.4 is 0 Å². The second kappa shape index (κ2) is 2.21. The van der Waals surface area contributed by atoms with Crippen LogP contribution in [-0.4, -0.2) is 35.2 Å². The summed E-state index contributed by atoms with van der Waals surface area (Å²) in [6, 6.07) is 0.937. The van der Waals surface area contributed by atoms with Crippen LogP contribution >= 0.6 is 0 Å². The topological polar surface area (TPSA) is 23.5 Å². The molecule has 2 aliphatic rings. The van der Waals surface area contributed by atoms with Gasteiger partial charge in [0.15, 0.2) is 0 Å². The summed E-state index contributed by atoms with van der Waals surface area (Å²) in [5.74, 6) is 0. The van der Waals surface area contributed by atoms with Crippen molar-refractivity contribution in [3.63, 3.8) is 0 Å². The second-order valence-corrected chi connectivity index (χ2v) is 3.52. The van der Waals surface area contributed by atoms with Crippen LogP contribution in [0.3, 0.4) is 0 Å². The van der Waals surface area contributed by atoms with Crippen LogP contribution in [0, 0.1) is 0 Å². The summed E-state index contributed by atoms with van der Waals surface area (Å²) in [7, 11) is 2.11. The maximum atomic E-state index is 9.51. The Kier molecular flexibility index (Phi) is 1.23. The molecule has 2 fully saturated rings. The molecule has 2 rings (SSSR count). The number of hydrogen-bond acceptors (Lipinski definition) is 2. The molecule has 2 saturated heterocycles. The van der Waals surface area contributed by atoms with Crippen molar-refractivity contribution in [2.45, 2.75) is 43.8 Å². The van der Waals surface area contributed by atoms with Crippen LogP contribution in [0.5, 0.6) is 0 Å². The largest absolute Gasteiger partial charge is 0.393 e. The quantitative estimate of drug-likeness (QED) is 0.535. The fourth-order valence-corrected chi connectivity index (χ4v) is 2.21. The zero-order valence-corrected chi connectivity index (χ0v) is 6.38. The Morgan fingerprint density at radius 2 is 1.90 bits per heavy atom. The van der Waals surface area contributed by atoms with Gasteiger partial charge in [-0.1, -0.05) is 0 Å². The van der Waals surface area contributed by atoms with E-state index in [1.165, 1.54) is 12.8 Å². The lowest BCUT2D eigenvalue weighted by Gasteiger charge is -2.33. The first kappa shape index (κ1) is 5.56. The van der Waals surface area contributed by atoms with E-state index in [9.17, 15) is 5.11 Å². The summed E-state index contributed by atoms with van der Waals surface area (Å²) < 4.78 is 7.55. The normalized spacial score (nSPS) is 56.8. The number of piperidine rings is 1. The molecule has 1 N–H and O–H groups in total. The fourth-order valence-electron chi connectivity index (χ4n) is 2.21. The molecule has 2 bridgehead atoms. The van der Waals surface area contributed by atoms with Crippen LogP contribution in [0.4, 0.5) is 0 Å². The van der Waals surface area contributed by atoms with E-state index in [0.29, 0.717) is 24.9 Å². The SMILES string of the molecule is [2H]C1(O)C[C@H]2CC[C@@H](C1)N2C. The Morgan fingerprint density at radius 1 is 1.40 bits per heavy atom. The Labute approximate surface area is 63.2 Å². The van der Waals surface area contributed by atoms with Gasteiger partial charge in [0.05, 0.1) is 7.45 Å². The lowest BCUT2D eigenvalue weighted by Crippen LogP contribution is -2.41. The molecule has 0 saturated carbocycles. The van der Waals surface area contributed by atoms with Crippen LogP contribution in [0.1, 0.15) is 27.1 Å². The van der Waals surface area contributed by atoms with Crippen molar-refractivity contribution in [1.82, 2.24) is 4.90 Å². The zero-order chi connectivity index (χ0) is 8.06. The molecule has 1 unspecified atom stereocenters. The standard InChI is InChI=1S/C8H15NO/c1-9-6-2-3-7(9)5-8(10)4-6/h6-8,10H,2-5H2,1H3/t6-,7+,8?/i8D. The van der Waals surface area contributed by atoms with Crippen molar-refractivity contribution in [3.05, 3.63) is 0 Å². The van der Waals surface area contributed by atoms with Gasteiger partial charge in [-0.3, -0.25) is 0 Å². The van der Waals surface area contributed by atoms with E-state index >= 15 is 0 Å². The third-order valence-electron chi connectivity index (χ3n) is 2.93. The Balaban J connectivity index is 2.14. The first-order valence-corrected chi connectivity index (χ1v) is 4.03. The van der Waals surface area contributed by atoms with E-state index in [1.807, 2.05) is 0 Å². The third-order valence-corrected chi connectivity index (χ3v) is 2.93. The van der Waals surface area contributed by atoms with Crippen LogP contribution in [0.25, 0.3) is 0 Å². The maximum Gasteiger partial charge on any atom is 0.0602 e. The zero-order valence-electron chi connectivity index (χ0n) is 7.38. The average Bonchev–Trinajstić information content (AvgIpc) is 2.19. The van der Waals surface area contributed by atoms with Crippen molar-refractivity contribution in [1.29, 1.82) is 0 Å². The minimum absolute atomic E-state index is 0.469. The molecule has 2 heteroatoms. The molecule has 3 atom stereocenters.